The number of aromatic nitrogens is 2. The van der Waals surface area contributed by atoms with Crippen molar-refractivity contribution in [3.63, 3.8) is 0 Å². The van der Waals surface area contributed by atoms with E-state index in [1.54, 1.807) is 7.11 Å². The molecule has 0 radical (unpaired) electrons. The molecule has 0 aromatic carbocycles. The minimum Gasteiger partial charge on any atom is -0.381 e. The van der Waals surface area contributed by atoms with Crippen LogP contribution in [0, 0.1) is 12.8 Å². The molecule has 1 aromatic heterocycles. The van der Waals surface area contributed by atoms with E-state index in [9.17, 15) is 9.59 Å². The van der Waals surface area contributed by atoms with Crippen LogP contribution in [0.4, 0.5) is 0 Å². The number of hydrogen-bond donors (Lipinski definition) is 1. The van der Waals surface area contributed by atoms with Crippen LogP contribution in [0.15, 0.2) is 4.79 Å². The van der Waals surface area contributed by atoms with Crippen LogP contribution in [-0.2, 0) is 22.4 Å². The second-order valence-corrected chi connectivity index (χ2v) is 7.84. The van der Waals surface area contributed by atoms with E-state index in [0.29, 0.717) is 18.7 Å². The molecular weight excluding hydrogens is 318 g/mol. The molecule has 6 nitrogen and oxygen atoms in total. The Kier molecular flexibility index (Phi) is 4.40. The summed E-state index contributed by atoms with van der Waals surface area (Å²) in [5.74, 6) is 1.00. The summed E-state index contributed by atoms with van der Waals surface area (Å²) in [6, 6.07) is 0.336. The molecule has 1 amide bonds. The van der Waals surface area contributed by atoms with Gasteiger partial charge in [0.1, 0.15) is 5.82 Å². The summed E-state index contributed by atoms with van der Waals surface area (Å²) in [5.41, 5.74) is 1.65. The number of H-pyrrole nitrogens is 1. The maximum atomic E-state index is 13.3. The van der Waals surface area contributed by atoms with E-state index in [4.69, 9.17) is 4.74 Å². The van der Waals surface area contributed by atoms with Crippen molar-refractivity contribution >= 4 is 5.91 Å². The number of aryl methyl sites for hydroxylation is 1. The average molecular weight is 345 g/mol. The fraction of sp³-hybridized carbons (Fsp3) is 0.737. The van der Waals surface area contributed by atoms with Gasteiger partial charge in [0.05, 0.1) is 11.8 Å². The van der Waals surface area contributed by atoms with Crippen molar-refractivity contribution in [2.24, 2.45) is 5.92 Å². The second kappa shape index (κ2) is 6.56. The molecular formula is C19H27N3O3. The fourth-order valence-electron chi connectivity index (χ4n) is 5.02. The van der Waals surface area contributed by atoms with E-state index < -0.39 is 0 Å². The predicted molar refractivity (Wildman–Crippen MR) is 93.4 cm³/mol. The molecule has 3 aliphatic rings. The number of nitrogens with one attached hydrogen (secondary N) is 1. The summed E-state index contributed by atoms with van der Waals surface area (Å²) in [5, 5.41) is 0. The number of rotatable bonds is 2. The van der Waals surface area contributed by atoms with Crippen molar-refractivity contribution in [2.45, 2.75) is 76.5 Å². The highest BCUT2D eigenvalue weighted by Crippen LogP contribution is 2.36. The molecule has 6 heteroatoms. The zero-order valence-electron chi connectivity index (χ0n) is 15.1. The van der Waals surface area contributed by atoms with Crippen LogP contribution in [0.1, 0.15) is 55.6 Å². The van der Waals surface area contributed by atoms with Crippen LogP contribution < -0.4 is 5.56 Å². The highest BCUT2D eigenvalue weighted by molar-refractivity contribution is 5.80. The first-order chi connectivity index (χ1) is 12.1. The normalized spacial score (nSPS) is 31.5. The fourth-order valence-corrected chi connectivity index (χ4v) is 5.02. The molecule has 25 heavy (non-hydrogen) atoms. The monoisotopic (exact) mass is 345 g/mol. The lowest BCUT2D eigenvalue weighted by molar-refractivity contribution is -0.141. The molecule has 1 aromatic rings. The van der Waals surface area contributed by atoms with Crippen molar-refractivity contribution in [3.8, 4) is 0 Å². The zero-order valence-corrected chi connectivity index (χ0v) is 15.1. The predicted octanol–water partition coefficient (Wildman–Crippen LogP) is 1.74. The number of fused-ring (bicyclic) bond motifs is 3. The first-order valence-corrected chi connectivity index (χ1v) is 9.50. The Hall–Kier alpha value is -1.69. The lowest BCUT2D eigenvalue weighted by atomic mass is 9.86. The molecule has 1 aliphatic carbocycles. The summed E-state index contributed by atoms with van der Waals surface area (Å²) in [6.07, 6.45) is 7.46. The van der Waals surface area contributed by atoms with Gasteiger partial charge in [-0.2, -0.15) is 0 Å². The van der Waals surface area contributed by atoms with Gasteiger partial charge < -0.3 is 14.6 Å². The Bertz CT molecular complexity index is 729. The van der Waals surface area contributed by atoms with Gasteiger partial charge in [0.15, 0.2) is 0 Å². The number of amides is 1. The average Bonchev–Trinajstić information content (AvgIpc) is 2.90. The van der Waals surface area contributed by atoms with Crippen LogP contribution >= 0.6 is 0 Å². The maximum Gasteiger partial charge on any atom is 0.254 e. The number of aromatic amines is 1. The van der Waals surface area contributed by atoms with Gasteiger partial charge in [-0.05, 0) is 39.0 Å². The summed E-state index contributed by atoms with van der Waals surface area (Å²) in [7, 11) is 1.74. The first-order valence-electron chi connectivity index (χ1n) is 9.50. The van der Waals surface area contributed by atoms with Crippen molar-refractivity contribution in [3.05, 3.63) is 27.4 Å². The lowest BCUT2D eigenvalue weighted by Gasteiger charge is -2.35. The largest absolute Gasteiger partial charge is 0.381 e. The summed E-state index contributed by atoms with van der Waals surface area (Å²) < 4.78 is 5.51. The number of hydrogen-bond acceptors (Lipinski definition) is 4. The van der Waals surface area contributed by atoms with Crippen molar-refractivity contribution < 1.29 is 9.53 Å². The van der Waals surface area contributed by atoms with Gasteiger partial charge in [-0.15, -0.1) is 0 Å². The molecule has 2 fully saturated rings. The van der Waals surface area contributed by atoms with Crippen molar-refractivity contribution in [2.75, 3.05) is 7.11 Å². The van der Waals surface area contributed by atoms with Crippen molar-refractivity contribution in [1.82, 2.24) is 14.9 Å². The topological polar surface area (TPSA) is 75.3 Å². The van der Waals surface area contributed by atoms with E-state index in [1.165, 1.54) is 0 Å². The number of nitrogens with zero attached hydrogens (tertiary/aromatic N) is 2. The minimum atomic E-state index is -0.0282. The van der Waals surface area contributed by atoms with Crippen molar-refractivity contribution in [1.29, 1.82) is 0 Å². The van der Waals surface area contributed by atoms with Crippen LogP contribution in [-0.4, -0.2) is 46.1 Å². The Labute approximate surface area is 148 Å². The molecule has 1 saturated heterocycles. The van der Waals surface area contributed by atoms with Crippen LogP contribution in [0.25, 0.3) is 0 Å². The van der Waals surface area contributed by atoms with Crippen LogP contribution in [0.3, 0.4) is 0 Å². The molecule has 1 N–H and O–H groups in total. The lowest BCUT2D eigenvalue weighted by Crippen LogP contribution is -2.46. The Morgan fingerprint density at radius 3 is 2.72 bits per heavy atom. The van der Waals surface area contributed by atoms with E-state index >= 15 is 0 Å². The number of carbonyl (C=O) groups is 1. The summed E-state index contributed by atoms with van der Waals surface area (Å²) >= 11 is 0. The zero-order chi connectivity index (χ0) is 17.6. The Morgan fingerprint density at radius 2 is 1.96 bits per heavy atom. The minimum absolute atomic E-state index is 0.0282. The number of carbonyl (C=O) groups excluding carboxylic acids is 1. The summed E-state index contributed by atoms with van der Waals surface area (Å²) in [6.45, 7) is 1.82. The second-order valence-electron chi connectivity index (χ2n) is 7.84. The van der Waals surface area contributed by atoms with Crippen LogP contribution in [0.5, 0.6) is 0 Å². The van der Waals surface area contributed by atoms with Gasteiger partial charge in [0.2, 0.25) is 5.91 Å². The van der Waals surface area contributed by atoms with E-state index in [1.807, 2.05) is 6.92 Å². The summed E-state index contributed by atoms with van der Waals surface area (Å²) in [4.78, 5) is 35.2. The van der Waals surface area contributed by atoms with Crippen LogP contribution in [0.2, 0.25) is 0 Å². The third kappa shape index (κ3) is 3.01. The quantitative estimate of drug-likeness (QED) is 0.886. The van der Waals surface area contributed by atoms with Gasteiger partial charge >= 0.3 is 0 Å². The van der Waals surface area contributed by atoms with Gasteiger partial charge in [-0.25, -0.2) is 4.98 Å². The Morgan fingerprint density at radius 1 is 1.20 bits per heavy atom. The van der Waals surface area contributed by atoms with Gasteiger partial charge in [-0.1, -0.05) is 6.42 Å². The molecule has 2 bridgehead atoms. The molecule has 4 unspecified atom stereocenters. The molecule has 136 valence electrons. The maximum absolute atomic E-state index is 13.3. The third-order valence-corrected chi connectivity index (χ3v) is 6.27. The van der Waals surface area contributed by atoms with Gasteiger partial charge in [0.25, 0.3) is 5.56 Å². The Balaban J connectivity index is 1.59. The molecule has 4 rings (SSSR count). The first kappa shape index (κ1) is 16.8. The van der Waals surface area contributed by atoms with E-state index in [2.05, 4.69) is 14.9 Å². The highest BCUT2D eigenvalue weighted by Gasteiger charge is 2.43. The number of ether oxygens (including phenoxy) is 1. The molecule has 4 atom stereocenters. The molecule has 3 heterocycles. The molecule has 0 spiro atoms. The standard InChI is InChI=1S/C19H27N3O3/c1-11-20-17-10-14-7-6-13(9-16(17)18(23)21-11)22(14)19(24)12-4-3-5-15(8-12)25-2/h12-15H,3-10H2,1-2H3,(H,20,21,23). The molecule has 1 saturated carbocycles. The SMILES string of the molecule is COC1CCCC(C(=O)N2C3CCC2Cc2c(nc(C)[nH]c2=O)C3)C1. The van der Waals surface area contributed by atoms with E-state index in [-0.39, 0.29) is 35.6 Å². The van der Waals surface area contributed by atoms with E-state index in [0.717, 1.165) is 49.8 Å². The smallest absolute Gasteiger partial charge is 0.254 e. The highest BCUT2D eigenvalue weighted by atomic mass is 16.5. The third-order valence-electron chi connectivity index (χ3n) is 6.27. The number of methoxy groups -OCH3 is 1. The molecule has 2 aliphatic heterocycles. The van der Waals surface area contributed by atoms with Gasteiger partial charge in [0, 0.05) is 43.5 Å². The van der Waals surface area contributed by atoms with Gasteiger partial charge in [-0.3, -0.25) is 9.59 Å².